The molecule has 1 N–H and O–H groups in total. The minimum absolute atomic E-state index is 0.0183. The zero-order valence-corrected chi connectivity index (χ0v) is 17.7. The van der Waals surface area contributed by atoms with Crippen LogP contribution in [-0.2, 0) is 11.3 Å². The molecule has 0 aliphatic rings. The largest absolute Gasteiger partial charge is 0.467 e. The molecule has 3 rings (SSSR count). The second kappa shape index (κ2) is 9.51. The maximum Gasteiger partial charge on any atom is 0.275 e. The molecule has 0 unspecified atom stereocenters. The fourth-order valence-electron chi connectivity index (χ4n) is 3.02. The summed E-state index contributed by atoms with van der Waals surface area (Å²) in [4.78, 5) is 36.3. The van der Waals surface area contributed by atoms with Gasteiger partial charge in [-0.15, -0.1) is 0 Å². The first-order valence-electron chi connectivity index (χ1n) is 9.97. The molecule has 3 aromatic rings. The van der Waals surface area contributed by atoms with Crippen LogP contribution in [0.2, 0.25) is 0 Å². The molecule has 1 aromatic carbocycles. The van der Waals surface area contributed by atoms with E-state index in [0.717, 1.165) is 0 Å². The minimum Gasteiger partial charge on any atom is -0.467 e. The van der Waals surface area contributed by atoms with Gasteiger partial charge in [0.15, 0.2) is 0 Å². The Labute approximate surface area is 180 Å². The van der Waals surface area contributed by atoms with Gasteiger partial charge >= 0.3 is 0 Å². The summed E-state index contributed by atoms with van der Waals surface area (Å²) in [5, 5.41) is 2.99. The van der Waals surface area contributed by atoms with E-state index in [0.29, 0.717) is 17.7 Å². The number of amides is 2. The van der Waals surface area contributed by atoms with E-state index >= 15 is 0 Å². The summed E-state index contributed by atoms with van der Waals surface area (Å²) in [6, 6.07) is 7.90. The van der Waals surface area contributed by atoms with Crippen LogP contribution in [0.25, 0.3) is 0 Å². The highest BCUT2D eigenvalue weighted by atomic mass is 19.1. The number of nitrogens with one attached hydrogen (secondary N) is 1. The molecule has 2 heterocycles. The summed E-state index contributed by atoms with van der Waals surface area (Å²) in [5.74, 6) is -0.827. The summed E-state index contributed by atoms with van der Waals surface area (Å²) in [6.07, 6.45) is 6.39. The molecule has 0 bridgehead atoms. The van der Waals surface area contributed by atoms with Crippen molar-refractivity contribution < 1.29 is 18.4 Å². The molecule has 0 fully saturated rings. The Kier molecular flexibility index (Phi) is 6.79. The maximum absolute atomic E-state index is 13.6. The van der Waals surface area contributed by atoms with Gasteiger partial charge in [0, 0.05) is 17.9 Å². The van der Waals surface area contributed by atoms with Gasteiger partial charge in [0.1, 0.15) is 23.3 Å². The number of hydrogen-bond acceptors (Lipinski definition) is 5. The lowest BCUT2D eigenvalue weighted by atomic mass is 9.98. The Bertz CT molecular complexity index is 1010. The van der Waals surface area contributed by atoms with E-state index in [4.69, 9.17) is 4.42 Å². The maximum atomic E-state index is 13.6. The van der Waals surface area contributed by atoms with Crippen LogP contribution in [0.15, 0.2) is 65.7 Å². The van der Waals surface area contributed by atoms with Crippen molar-refractivity contribution >= 4 is 11.8 Å². The third-order valence-electron chi connectivity index (χ3n) is 5.04. The van der Waals surface area contributed by atoms with Crippen LogP contribution < -0.4 is 5.32 Å². The predicted molar refractivity (Wildman–Crippen MR) is 112 cm³/mol. The molecular weight excluding hydrogens is 399 g/mol. The van der Waals surface area contributed by atoms with Crippen LogP contribution in [0.5, 0.6) is 0 Å². The molecule has 0 spiro atoms. The standard InChI is InChI=1S/C23H25FN4O3/c1-4-23(2,3)27-21(29)20(16-7-9-17(24)10-8-16)28(15-18-6-5-13-31-18)22(30)19-14-25-11-12-26-19/h5-14,20H,4,15H2,1-3H3,(H,27,29)/t20-/m1/s1. The molecule has 1 atom stereocenters. The molecular formula is C23H25FN4O3. The number of aromatic nitrogens is 2. The number of carbonyl (C=O) groups is 2. The van der Waals surface area contributed by atoms with E-state index in [2.05, 4.69) is 15.3 Å². The summed E-state index contributed by atoms with van der Waals surface area (Å²) in [6.45, 7) is 5.77. The van der Waals surface area contributed by atoms with Crippen LogP contribution >= 0.6 is 0 Å². The molecule has 2 aromatic heterocycles. The zero-order chi connectivity index (χ0) is 22.4. The molecule has 0 saturated heterocycles. The van der Waals surface area contributed by atoms with Gasteiger partial charge in [-0.25, -0.2) is 9.37 Å². The third kappa shape index (κ3) is 5.53. The Morgan fingerprint density at radius 1 is 1.19 bits per heavy atom. The normalized spacial score (nSPS) is 12.3. The average molecular weight is 424 g/mol. The van der Waals surface area contributed by atoms with Gasteiger partial charge < -0.3 is 14.6 Å². The first-order chi connectivity index (χ1) is 14.8. The van der Waals surface area contributed by atoms with Gasteiger partial charge in [0.25, 0.3) is 5.91 Å². The summed E-state index contributed by atoms with van der Waals surface area (Å²) >= 11 is 0. The molecule has 0 aliphatic heterocycles. The van der Waals surface area contributed by atoms with Crippen molar-refractivity contribution in [3.05, 3.63) is 84.1 Å². The van der Waals surface area contributed by atoms with Gasteiger partial charge in [-0.1, -0.05) is 19.1 Å². The fraction of sp³-hybridized carbons (Fsp3) is 0.304. The lowest BCUT2D eigenvalue weighted by molar-refractivity contribution is -0.127. The molecule has 0 radical (unpaired) electrons. The van der Waals surface area contributed by atoms with E-state index in [1.54, 1.807) is 12.1 Å². The number of carbonyl (C=O) groups excluding carboxylic acids is 2. The van der Waals surface area contributed by atoms with Crippen LogP contribution in [0.3, 0.4) is 0 Å². The predicted octanol–water partition coefficient (Wildman–Crippen LogP) is 3.90. The Balaban J connectivity index is 2.07. The lowest BCUT2D eigenvalue weighted by Crippen LogP contribution is -2.50. The second-order valence-electron chi connectivity index (χ2n) is 7.78. The smallest absolute Gasteiger partial charge is 0.275 e. The molecule has 0 aliphatic carbocycles. The molecule has 8 heteroatoms. The van der Waals surface area contributed by atoms with Crippen LogP contribution in [0.4, 0.5) is 4.39 Å². The molecule has 7 nitrogen and oxygen atoms in total. The summed E-state index contributed by atoms with van der Waals surface area (Å²) < 4.78 is 19.0. The summed E-state index contributed by atoms with van der Waals surface area (Å²) in [7, 11) is 0. The van der Waals surface area contributed by atoms with Gasteiger partial charge in [0.2, 0.25) is 5.91 Å². The van der Waals surface area contributed by atoms with Crippen molar-refractivity contribution in [1.29, 1.82) is 0 Å². The van der Waals surface area contributed by atoms with E-state index < -0.39 is 23.3 Å². The van der Waals surface area contributed by atoms with Crippen LogP contribution in [0.1, 0.15) is 55.0 Å². The first-order valence-corrected chi connectivity index (χ1v) is 9.97. The average Bonchev–Trinajstić information content (AvgIpc) is 3.27. The monoisotopic (exact) mass is 424 g/mol. The second-order valence-corrected chi connectivity index (χ2v) is 7.78. The number of hydrogen-bond donors (Lipinski definition) is 1. The highest BCUT2D eigenvalue weighted by Crippen LogP contribution is 2.27. The van der Waals surface area contributed by atoms with Crippen LogP contribution in [-0.4, -0.2) is 32.2 Å². The molecule has 2 amide bonds. The van der Waals surface area contributed by atoms with Crippen molar-refractivity contribution in [3.63, 3.8) is 0 Å². The number of rotatable bonds is 8. The van der Waals surface area contributed by atoms with Crippen molar-refractivity contribution in [2.45, 2.75) is 45.3 Å². The summed E-state index contributed by atoms with van der Waals surface area (Å²) in [5.41, 5.74) is 0.0553. The van der Waals surface area contributed by atoms with Crippen molar-refractivity contribution in [1.82, 2.24) is 20.2 Å². The Morgan fingerprint density at radius 3 is 2.52 bits per heavy atom. The Hall–Kier alpha value is -3.55. The third-order valence-corrected chi connectivity index (χ3v) is 5.04. The first kappa shape index (κ1) is 22.1. The van der Waals surface area contributed by atoms with Gasteiger partial charge in [0.05, 0.1) is 19.0 Å². The van der Waals surface area contributed by atoms with E-state index in [9.17, 15) is 14.0 Å². The highest BCUT2D eigenvalue weighted by Gasteiger charge is 2.35. The SMILES string of the molecule is CCC(C)(C)NC(=O)[C@@H](c1ccc(F)cc1)N(Cc1ccco1)C(=O)c1cnccn1. The van der Waals surface area contributed by atoms with Gasteiger partial charge in [-0.2, -0.15) is 0 Å². The van der Waals surface area contributed by atoms with Crippen molar-refractivity contribution in [2.24, 2.45) is 0 Å². The van der Waals surface area contributed by atoms with E-state index in [1.165, 1.54) is 54.0 Å². The number of furan rings is 1. The van der Waals surface area contributed by atoms with Crippen LogP contribution in [0, 0.1) is 5.82 Å². The number of nitrogens with zero attached hydrogens (tertiary/aromatic N) is 3. The quantitative estimate of drug-likeness (QED) is 0.593. The van der Waals surface area contributed by atoms with Crippen molar-refractivity contribution in [2.75, 3.05) is 0 Å². The highest BCUT2D eigenvalue weighted by molar-refractivity contribution is 5.96. The van der Waals surface area contributed by atoms with Gasteiger partial charge in [-0.3, -0.25) is 14.6 Å². The van der Waals surface area contributed by atoms with E-state index in [-0.39, 0.29) is 18.1 Å². The topological polar surface area (TPSA) is 88.3 Å². The van der Waals surface area contributed by atoms with E-state index in [1.807, 2.05) is 20.8 Å². The van der Waals surface area contributed by atoms with Crippen molar-refractivity contribution in [3.8, 4) is 0 Å². The molecule has 31 heavy (non-hydrogen) atoms. The number of benzene rings is 1. The molecule has 0 saturated carbocycles. The zero-order valence-electron chi connectivity index (χ0n) is 17.7. The number of halogens is 1. The Morgan fingerprint density at radius 2 is 1.94 bits per heavy atom. The minimum atomic E-state index is -1.04. The fourth-order valence-corrected chi connectivity index (χ4v) is 3.02. The molecule has 162 valence electrons. The lowest BCUT2D eigenvalue weighted by Gasteiger charge is -2.34. The van der Waals surface area contributed by atoms with Gasteiger partial charge in [-0.05, 0) is 50.1 Å².